The van der Waals surface area contributed by atoms with Crippen molar-refractivity contribution in [3.05, 3.63) is 57.6 Å². The molecule has 0 heterocycles. The molecule has 0 aliphatic carbocycles. The summed E-state index contributed by atoms with van der Waals surface area (Å²) in [5.41, 5.74) is 7.94. The summed E-state index contributed by atoms with van der Waals surface area (Å²) in [6.07, 6.45) is 0. The van der Waals surface area contributed by atoms with Crippen LogP contribution in [0.4, 0.5) is 11.4 Å². The van der Waals surface area contributed by atoms with Crippen molar-refractivity contribution in [1.29, 1.82) is 0 Å². The van der Waals surface area contributed by atoms with Gasteiger partial charge in [-0.3, -0.25) is 9.59 Å². The number of hydrogen-bond donors (Lipinski definition) is 2. The summed E-state index contributed by atoms with van der Waals surface area (Å²) in [6.45, 7) is 11.8. The van der Waals surface area contributed by atoms with Crippen LogP contribution in [0, 0.1) is 27.7 Å². The molecule has 0 radical (unpaired) electrons. The van der Waals surface area contributed by atoms with Crippen molar-refractivity contribution in [2.24, 2.45) is 0 Å². The fourth-order valence-electron chi connectivity index (χ4n) is 3.38. The number of rotatable bonds is 5. The number of hydrogen-bond acceptors (Lipinski definition) is 3. The minimum Gasteiger partial charge on any atom is -0.381 e. The van der Waals surface area contributed by atoms with E-state index in [-0.39, 0.29) is 11.7 Å². The third kappa shape index (κ3) is 4.08. The van der Waals surface area contributed by atoms with Crippen molar-refractivity contribution in [1.82, 2.24) is 0 Å². The minimum atomic E-state index is -0.0865. The molecule has 0 aliphatic rings. The van der Waals surface area contributed by atoms with Gasteiger partial charge in [-0.2, -0.15) is 0 Å². The summed E-state index contributed by atoms with van der Waals surface area (Å²) < 4.78 is 0. The molecule has 4 nitrogen and oxygen atoms in total. The summed E-state index contributed by atoms with van der Waals surface area (Å²) in [5, 5.41) is 6.29. The second-order valence-corrected chi connectivity index (χ2v) is 6.56. The lowest BCUT2D eigenvalue weighted by Crippen LogP contribution is -2.11. The normalized spacial score (nSPS) is 10.5. The zero-order chi connectivity index (χ0) is 18.7. The van der Waals surface area contributed by atoms with Crippen LogP contribution in [-0.2, 0) is 11.3 Å². The van der Waals surface area contributed by atoms with Crippen LogP contribution in [-0.4, -0.2) is 11.7 Å². The molecule has 0 aromatic heterocycles. The Kier molecular flexibility index (Phi) is 5.62. The predicted molar refractivity (Wildman–Crippen MR) is 103 cm³/mol. The Morgan fingerprint density at radius 3 is 2.16 bits per heavy atom. The van der Waals surface area contributed by atoms with Crippen molar-refractivity contribution >= 4 is 23.1 Å². The standard InChI is InChI=1S/C21H26N2O2/c1-12-10-13(2)21(16(5)24)14(3)18(12)11-22-19-8-7-9-20(15(19)4)23-17(6)25/h7-10,22H,11H2,1-6H3,(H,23,25). The maximum Gasteiger partial charge on any atom is 0.221 e. The number of aryl methyl sites for hydroxylation is 2. The van der Waals surface area contributed by atoms with E-state index < -0.39 is 0 Å². The number of amides is 1. The van der Waals surface area contributed by atoms with Gasteiger partial charge in [0.15, 0.2) is 5.78 Å². The third-order valence-corrected chi connectivity index (χ3v) is 4.58. The van der Waals surface area contributed by atoms with Crippen LogP contribution in [0.15, 0.2) is 24.3 Å². The molecule has 0 unspecified atom stereocenters. The van der Waals surface area contributed by atoms with E-state index in [0.29, 0.717) is 6.54 Å². The van der Waals surface area contributed by atoms with Gasteiger partial charge in [0, 0.05) is 30.4 Å². The van der Waals surface area contributed by atoms with Crippen molar-refractivity contribution in [2.45, 2.75) is 48.1 Å². The molecule has 132 valence electrons. The van der Waals surface area contributed by atoms with Gasteiger partial charge in [-0.05, 0) is 74.6 Å². The summed E-state index contributed by atoms with van der Waals surface area (Å²) in [6, 6.07) is 7.86. The number of nitrogens with one attached hydrogen (secondary N) is 2. The summed E-state index contributed by atoms with van der Waals surface area (Å²) in [4.78, 5) is 23.3. The maximum atomic E-state index is 12.0. The minimum absolute atomic E-state index is 0.0865. The van der Waals surface area contributed by atoms with Gasteiger partial charge in [0.1, 0.15) is 0 Å². The SMILES string of the molecule is CC(=O)Nc1cccc(NCc2c(C)cc(C)c(C(C)=O)c2C)c1C. The highest BCUT2D eigenvalue weighted by Gasteiger charge is 2.14. The Labute approximate surface area is 149 Å². The van der Waals surface area contributed by atoms with Gasteiger partial charge in [-0.25, -0.2) is 0 Å². The number of carbonyl (C=O) groups excluding carboxylic acids is 2. The Balaban J connectivity index is 2.32. The summed E-state index contributed by atoms with van der Waals surface area (Å²) in [7, 11) is 0. The summed E-state index contributed by atoms with van der Waals surface area (Å²) in [5.74, 6) is 0.0108. The van der Waals surface area contributed by atoms with Crippen LogP contribution >= 0.6 is 0 Å². The van der Waals surface area contributed by atoms with Crippen LogP contribution < -0.4 is 10.6 Å². The zero-order valence-corrected chi connectivity index (χ0v) is 15.8. The molecule has 0 saturated carbocycles. The van der Waals surface area contributed by atoms with E-state index >= 15 is 0 Å². The molecule has 0 fully saturated rings. The van der Waals surface area contributed by atoms with Crippen molar-refractivity contribution in [2.75, 3.05) is 10.6 Å². The van der Waals surface area contributed by atoms with Gasteiger partial charge in [-0.15, -0.1) is 0 Å². The van der Waals surface area contributed by atoms with Gasteiger partial charge >= 0.3 is 0 Å². The highest BCUT2D eigenvalue weighted by molar-refractivity contribution is 5.97. The molecule has 0 bridgehead atoms. The first kappa shape index (κ1) is 18.7. The number of carbonyl (C=O) groups is 2. The van der Waals surface area contributed by atoms with Crippen LogP contribution in [0.3, 0.4) is 0 Å². The lowest BCUT2D eigenvalue weighted by atomic mass is 9.91. The fourth-order valence-corrected chi connectivity index (χ4v) is 3.38. The average Bonchev–Trinajstić information content (AvgIpc) is 2.49. The molecular weight excluding hydrogens is 312 g/mol. The molecule has 1 amide bonds. The maximum absolute atomic E-state index is 12.0. The van der Waals surface area contributed by atoms with Crippen LogP contribution in [0.1, 0.15) is 52.0 Å². The highest BCUT2D eigenvalue weighted by Crippen LogP contribution is 2.27. The van der Waals surface area contributed by atoms with Crippen molar-refractivity contribution in [3.8, 4) is 0 Å². The molecule has 0 saturated heterocycles. The molecule has 0 atom stereocenters. The largest absolute Gasteiger partial charge is 0.381 e. The number of ketones is 1. The topological polar surface area (TPSA) is 58.2 Å². The molecule has 2 N–H and O–H groups in total. The molecule has 0 aliphatic heterocycles. The molecular formula is C21H26N2O2. The number of Topliss-reactive ketones (excluding diaryl/α,β-unsaturated/α-hetero) is 1. The lowest BCUT2D eigenvalue weighted by molar-refractivity contribution is -0.114. The van der Waals surface area contributed by atoms with Gasteiger partial charge in [0.05, 0.1) is 0 Å². The molecule has 2 rings (SSSR count). The number of benzene rings is 2. The molecule has 2 aromatic carbocycles. The van der Waals surface area contributed by atoms with E-state index in [2.05, 4.69) is 23.6 Å². The van der Waals surface area contributed by atoms with E-state index in [1.54, 1.807) is 6.92 Å². The van der Waals surface area contributed by atoms with E-state index in [1.165, 1.54) is 12.5 Å². The fraction of sp³-hybridized carbons (Fsp3) is 0.333. The monoisotopic (exact) mass is 338 g/mol. The molecule has 25 heavy (non-hydrogen) atoms. The first-order valence-corrected chi connectivity index (χ1v) is 8.44. The first-order chi connectivity index (χ1) is 11.7. The Morgan fingerprint density at radius 1 is 0.920 bits per heavy atom. The van der Waals surface area contributed by atoms with Crippen LogP contribution in [0.2, 0.25) is 0 Å². The van der Waals surface area contributed by atoms with E-state index in [0.717, 1.165) is 39.2 Å². The van der Waals surface area contributed by atoms with Crippen molar-refractivity contribution < 1.29 is 9.59 Å². The first-order valence-electron chi connectivity index (χ1n) is 8.44. The second-order valence-electron chi connectivity index (χ2n) is 6.56. The van der Waals surface area contributed by atoms with Gasteiger partial charge in [0.2, 0.25) is 5.91 Å². The van der Waals surface area contributed by atoms with E-state index in [4.69, 9.17) is 0 Å². The van der Waals surface area contributed by atoms with Crippen LogP contribution in [0.5, 0.6) is 0 Å². The lowest BCUT2D eigenvalue weighted by Gasteiger charge is -2.18. The number of anilines is 2. The Bertz CT molecular complexity index is 838. The average molecular weight is 338 g/mol. The van der Waals surface area contributed by atoms with Gasteiger partial charge in [0.25, 0.3) is 0 Å². The van der Waals surface area contributed by atoms with Crippen LogP contribution in [0.25, 0.3) is 0 Å². The van der Waals surface area contributed by atoms with E-state index in [1.807, 2.05) is 39.0 Å². The quantitative estimate of drug-likeness (QED) is 0.777. The Hall–Kier alpha value is -2.62. The van der Waals surface area contributed by atoms with Gasteiger partial charge in [-0.1, -0.05) is 12.1 Å². The molecule has 4 heteroatoms. The van der Waals surface area contributed by atoms with E-state index in [9.17, 15) is 9.59 Å². The molecule has 0 spiro atoms. The van der Waals surface area contributed by atoms with Gasteiger partial charge < -0.3 is 10.6 Å². The summed E-state index contributed by atoms with van der Waals surface area (Å²) >= 11 is 0. The zero-order valence-electron chi connectivity index (χ0n) is 15.8. The smallest absolute Gasteiger partial charge is 0.221 e. The highest BCUT2D eigenvalue weighted by atomic mass is 16.1. The predicted octanol–water partition coefficient (Wildman–Crippen LogP) is 4.69. The third-order valence-electron chi connectivity index (χ3n) is 4.58. The Morgan fingerprint density at radius 2 is 1.56 bits per heavy atom. The molecule has 2 aromatic rings. The second kappa shape index (κ2) is 7.51. The van der Waals surface area contributed by atoms with Crippen molar-refractivity contribution in [3.63, 3.8) is 0 Å².